The van der Waals surface area contributed by atoms with Gasteiger partial charge < -0.3 is 24.4 Å². The molecule has 2 aromatic rings. The number of allylic oxidation sites excluding steroid dienone is 1. The number of nitrogens with zero attached hydrogens (tertiary/aromatic N) is 2. The first-order valence-corrected chi connectivity index (χ1v) is 20.0. The average Bonchev–Trinajstić information content (AvgIpc) is 3.25. The van der Waals surface area contributed by atoms with Gasteiger partial charge in [-0.3, -0.25) is 14.4 Å². The smallest absolute Gasteiger partial charge is 0.308 e. The Labute approximate surface area is 304 Å². The standard InChI is InChI=1S/C38H46ClN3O8S/c1-49-37(46)24-14-17-41(18-15-24)36(45)34-7-3-2-6-32(43)29-11-8-27(29)21-42-22-38(16-4-5-25-19-28(39)10-12-30(25)38)23-50-33-13-9-26(20-31(33)42)35(44)40-51(34,47)48/h2,6,9-10,12-13,19-20,24,27,29,32,34,43H,3-5,7-8,11,14-18,21-23H2,1H3,(H,40,44)/b6-2-/t27-,29+,32-,34-,38-/m0/s1. The minimum absolute atomic E-state index is 0.0129. The summed E-state index contributed by atoms with van der Waals surface area (Å²) in [5, 5.41) is 10.5. The molecular formula is C38H46ClN3O8S. The molecule has 1 saturated carbocycles. The molecule has 5 aliphatic rings. The molecule has 2 aromatic carbocycles. The lowest BCUT2D eigenvalue weighted by atomic mass is 9.68. The number of nitrogens with one attached hydrogen (secondary N) is 1. The molecule has 5 atom stereocenters. The van der Waals surface area contributed by atoms with Gasteiger partial charge in [-0.15, -0.1) is 0 Å². The van der Waals surface area contributed by atoms with E-state index in [1.54, 1.807) is 30.4 Å². The SMILES string of the molecule is COC(=O)C1CCN(C(=O)[C@@H]2CC/C=C\[C@H](O)[C@@H]3CC[C@H]3CN3C[C@@]4(CCCc5cc(Cl)ccc54)COc4ccc(cc43)C(=O)NS2(=O)=O)CC1. The zero-order chi connectivity index (χ0) is 35.9. The molecule has 51 heavy (non-hydrogen) atoms. The van der Waals surface area contributed by atoms with Gasteiger partial charge in [0.2, 0.25) is 15.9 Å². The van der Waals surface area contributed by atoms with Crippen LogP contribution >= 0.6 is 11.6 Å². The highest BCUT2D eigenvalue weighted by molar-refractivity contribution is 7.91. The first-order valence-electron chi connectivity index (χ1n) is 18.1. The number of carbonyl (C=O) groups is 3. The number of amides is 2. The van der Waals surface area contributed by atoms with Gasteiger partial charge in [0.05, 0.1) is 31.4 Å². The van der Waals surface area contributed by atoms with Crippen LogP contribution in [0.2, 0.25) is 5.02 Å². The lowest BCUT2D eigenvalue weighted by Gasteiger charge is -2.45. The number of anilines is 1. The van der Waals surface area contributed by atoms with Gasteiger partial charge in [-0.05, 0) is 111 Å². The number of esters is 1. The number of halogens is 1. The highest BCUT2D eigenvalue weighted by Crippen LogP contribution is 2.47. The van der Waals surface area contributed by atoms with Crippen LogP contribution < -0.4 is 14.4 Å². The summed E-state index contributed by atoms with van der Waals surface area (Å²) in [4.78, 5) is 43.3. The molecule has 3 aliphatic heterocycles. The monoisotopic (exact) mass is 739 g/mol. The number of aryl methyl sites for hydroxylation is 1. The summed E-state index contributed by atoms with van der Waals surface area (Å²) in [5.74, 6) is -1.34. The van der Waals surface area contributed by atoms with Crippen LogP contribution in [0.3, 0.4) is 0 Å². The normalized spacial score (nSPS) is 30.1. The summed E-state index contributed by atoms with van der Waals surface area (Å²) in [6.07, 6.45) is 8.23. The fraction of sp³-hybridized carbons (Fsp3) is 0.553. The number of benzene rings is 2. The minimum Gasteiger partial charge on any atom is -0.490 e. The van der Waals surface area contributed by atoms with Crippen LogP contribution in [0, 0.1) is 17.8 Å². The predicted molar refractivity (Wildman–Crippen MR) is 192 cm³/mol. The molecule has 2 amide bonds. The quantitative estimate of drug-likeness (QED) is 0.339. The summed E-state index contributed by atoms with van der Waals surface area (Å²) in [6.45, 7) is 2.11. The molecule has 3 heterocycles. The third kappa shape index (κ3) is 7.11. The van der Waals surface area contributed by atoms with E-state index in [4.69, 9.17) is 21.1 Å². The van der Waals surface area contributed by atoms with Gasteiger partial charge >= 0.3 is 5.97 Å². The van der Waals surface area contributed by atoms with Crippen molar-refractivity contribution in [2.24, 2.45) is 17.8 Å². The number of likely N-dealkylation sites (tertiary alicyclic amines) is 1. The van der Waals surface area contributed by atoms with Crippen LogP contribution in [0.15, 0.2) is 48.6 Å². The fourth-order valence-electron chi connectivity index (χ4n) is 8.81. The molecular weight excluding hydrogens is 694 g/mol. The first kappa shape index (κ1) is 35.8. The van der Waals surface area contributed by atoms with E-state index in [9.17, 15) is 27.9 Å². The molecule has 2 N–H and O–H groups in total. The topological polar surface area (TPSA) is 143 Å². The molecule has 274 valence electrons. The summed E-state index contributed by atoms with van der Waals surface area (Å²) >= 11 is 6.41. The summed E-state index contributed by atoms with van der Waals surface area (Å²) < 4.78 is 41.4. The zero-order valence-electron chi connectivity index (χ0n) is 28.9. The molecule has 1 spiro atoms. The lowest BCUT2D eigenvalue weighted by molar-refractivity contribution is -0.148. The number of fused-ring (bicyclic) bond motifs is 4. The molecule has 13 heteroatoms. The number of hydrogen-bond acceptors (Lipinski definition) is 9. The van der Waals surface area contributed by atoms with Crippen molar-refractivity contribution >= 4 is 45.1 Å². The van der Waals surface area contributed by atoms with Crippen LogP contribution in [0.5, 0.6) is 5.75 Å². The van der Waals surface area contributed by atoms with E-state index >= 15 is 0 Å². The van der Waals surface area contributed by atoms with E-state index in [0.29, 0.717) is 49.0 Å². The third-order valence-electron chi connectivity index (χ3n) is 11.8. The van der Waals surface area contributed by atoms with E-state index in [1.807, 2.05) is 12.1 Å². The van der Waals surface area contributed by atoms with Gasteiger partial charge in [0.1, 0.15) is 5.75 Å². The molecule has 7 rings (SSSR count). The van der Waals surface area contributed by atoms with E-state index < -0.39 is 33.2 Å². The van der Waals surface area contributed by atoms with Gasteiger partial charge in [0.25, 0.3) is 5.91 Å². The second-order valence-corrected chi connectivity index (χ2v) is 17.2. The number of aliphatic hydroxyl groups is 1. The van der Waals surface area contributed by atoms with Gasteiger partial charge in [-0.25, -0.2) is 13.1 Å². The van der Waals surface area contributed by atoms with Crippen molar-refractivity contribution in [3.63, 3.8) is 0 Å². The molecule has 0 unspecified atom stereocenters. The van der Waals surface area contributed by atoms with Crippen LogP contribution in [0.1, 0.15) is 72.9 Å². The van der Waals surface area contributed by atoms with Crippen molar-refractivity contribution in [2.75, 3.05) is 44.8 Å². The van der Waals surface area contributed by atoms with Crippen LogP contribution in [-0.2, 0) is 36.2 Å². The Morgan fingerprint density at radius 1 is 1.08 bits per heavy atom. The number of aliphatic hydroxyl groups excluding tert-OH is 1. The maximum absolute atomic E-state index is 13.9. The van der Waals surface area contributed by atoms with Gasteiger partial charge in [0.15, 0.2) is 5.25 Å². The van der Waals surface area contributed by atoms with Crippen molar-refractivity contribution in [3.8, 4) is 5.75 Å². The maximum atomic E-state index is 13.9. The van der Waals surface area contributed by atoms with Gasteiger partial charge in [-0.2, -0.15) is 0 Å². The first-order chi connectivity index (χ1) is 24.5. The van der Waals surface area contributed by atoms with Gasteiger partial charge in [0, 0.05) is 42.2 Å². The zero-order valence-corrected chi connectivity index (χ0v) is 30.5. The van der Waals surface area contributed by atoms with Crippen molar-refractivity contribution in [2.45, 2.75) is 74.6 Å². The Balaban J connectivity index is 1.21. The summed E-state index contributed by atoms with van der Waals surface area (Å²) in [6, 6.07) is 11.0. The third-order valence-corrected chi connectivity index (χ3v) is 13.7. The molecule has 0 radical (unpaired) electrons. The number of piperidine rings is 1. The predicted octanol–water partition coefficient (Wildman–Crippen LogP) is 4.39. The number of methoxy groups -OCH3 is 1. The van der Waals surface area contributed by atoms with Crippen molar-refractivity contribution < 1.29 is 37.4 Å². The molecule has 11 nitrogen and oxygen atoms in total. The van der Waals surface area contributed by atoms with Crippen LogP contribution in [0.4, 0.5) is 5.69 Å². The maximum Gasteiger partial charge on any atom is 0.308 e. The van der Waals surface area contributed by atoms with E-state index in [-0.39, 0.29) is 60.6 Å². The van der Waals surface area contributed by atoms with E-state index in [2.05, 4.69) is 15.7 Å². The minimum atomic E-state index is -4.49. The molecule has 2 fully saturated rings. The number of sulfonamides is 1. The summed E-state index contributed by atoms with van der Waals surface area (Å²) in [5.41, 5.74) is 2.92. The molecule has 1 saturated heterocycles. The lowest BCUT2D eigenvalue weighted by Crippen LogP contribution is -2.51. The molecule has 0 aromatic heterocycles. The Morgan fingerprint density at radius 3 is 2.63 bits per heavy atom. The number of carbonyl (C=O) groups excluding carboxylic acids is 3. The van der Waals surface area contributed by atoms with Crippen LogP contribution in [-0.4, -0.2) is 87.5 Å². The molecule has 2 bridgehead atoms. The molecule has 2 aliphatic carbocycles. The summed E-state index contributed by atoms with van der Waals surface area (Å²) in [7, 11) is -3.17. The Hall–Kier alpha value is -3.61. The van der Waals surface area contributed by atoms with Gasteiger partial charge in [-0.1, -0.05) is 29.8 Å². The fourth-order valence-corrected chi connectivity index (χ4v) is 10.4. The highest BCUT2D eigenvalue weighted by Gasteiger charge is 2.45. The second-order valence-electron chi connectivity index (χ2n) is 14.9. The Kier molecular flexibility index (Phi) is 10.1. The Morgan fingerprint density at radius 2 is 1.88 bits per heavy atom. The average molecular weight is 740 g/mol. The highest BCUT2D eigenvalue weighted by atomic mass is 35.5. The van der Waals surface area contributed by atoms with Crippen molar-refractivity contribution in [1.29, 1.82) is 0 Å². The number of ether oxygens (including phenoxy) is 2. The van der Waals surface area contributed by atoms with E-state index in [1.165, 1.54) is 23.1 Å². The number of rotatable bonds is 2. The second kappa shape index (κ2) is 14.4. The van der Waals surface area contributed by atoms with Crippen molar-refractivity contribution in [3.05, 3.63) is 70.3 Å². The van der Waals surface area contributed by atoms with Crippen LogP contribution in [0.25, 0.3) is 0 Å². The largest absolute Gasteiger partial charge is 0.490 e. The Bertz CT molecular complexity index is 1830. The number of hydrogen-bond donors (Lipinski definition) is 2. The van der Waals surface area contributed by atoms with E-state index in [0.717, 1.165) is 32.1 Å². The van der Waals surface area contributed by atoms with Crippen molar-refractivity contribution in [1.82, 2.24) is 9.62 Å².